The van der Waals surface area contributed by atoms with Crippen molar-refractivity contribution in [1.29, 1.82) is 0 Å². The minimum absolute atomic E-state index is 0.0406. The van der Waals surface area contributed by atoms with E-state index in [-0.39, 0.29) is 18.5 Å². The van der Waals surface area contributed by atoms with Crippen molar-refractivity contribution < 1.29 is 34.1 Å². The molecule has 1 aliphatic heterocycles. The number of benzene rings is 2. The highest BCUT2D eigenvalue weighted by molar-refractivity contribution is 9.11. The molecule has 0 aromatic heterocycles. The number of ether oxygens (including phenoxy) is 3. The molecule has 2 aromatic rings. The van der Waals surface area contributed by atoms with Crippen LogP contribution in [0.4, 0.5) is 10.5 Å². The molecular formula is C22H22Br2N2O7. The number of carbonyl (C=O) groups excluding carboxylic acids is 2. The summed E-state index contributed by atoms with van der Waals surface area (Å²) in [4.78, 5) is 23.9. The van der Waals surface area contributed by atoms with Gasteiger partial charge in [0.15, 0.2) is 11.5 Å². The van der Waals surface area contributed by atoms with E-state index in [1.54, 1.807) is 36.4 Å². The largest absolute Gasteiger partial charge is 0.506 e. The number of fused-ring (bicyclic) bond motifs is 1. The summed E-state index contributed by atoms with van der Waals surface area (Å²) in [6.07, 6.45) is 2.31. The Balaban J connectivity index is 1.77. The van der Waals surface area contributed by atoms with Crippen molar-refractivity contribution in [3.63, 3.8) is 0 Å². The zero-order valence-electron chi connectivity index (χ0n) is 17.5. The van der Waals surface area contributed by atoms with Gasteiger partial charge in [0.05, 0.1) is 4.47 Å². The Labute approximate surface area is 206 Å². The number of hydrogen-bond donors (Lipinski definition) is 4. The predicted molar refractivity (Wildman–Crippen MR) is 126 cm³/mol. The number of amides is 2. The second-order valence-corrected chi connectivity index (χ2v) is 9.05. The molecule has 2 amide bonds. The molecular weight excluding hydrogens is 564 g/mol. The summed E-state index contributed by atoms with van der Waals surface area (Å²) in [6, 6.07) is 8.35. The fourth-order valence-corrected chi connectivity index (χ4v) is 4.52. The summed E-state index contributed by atoms with van der Waals surface area (Å²) < 4.78 is 17.5. The quantitative estimate of drug-likeness (QED) is 0.185. The van der Waals surface area contributed by atoms with E-state index in [4.69, 9.17) is 19.4 Å². The average molecular weight is 586 g/mol. The van der Waals surface area contributed by atoms with Crippen LogP contribution in [-0.2, 0) is 9.53 Å². The van der Waals surface area contributed by atoms with E-state index in [1.807, 2.05) is 6.92 Å². The van der Waals surface area contributed by atoms with E-state index in [2.05, 4.69) is 37.2 Å². The number of allylic oxidation sites excluding steroid dienone is 1. The van der Waals surface area contributed by atoms with Crippen LogP contribution >= 0.6 is 31.9 Å². The number of anilines is 1. The molecule has 0 spiro atoms. The first-order valence-electron chi connectivity index (χ1n) is 9.94. The molecule has 3 rings (SSSR count). The summed E-state index contributed by atoms with van der Waals surface area (Å²) >= 11 is 6.71. The van der Waals surface area contributed by atoms with Crippen molar-refractivity contribution in [3.8, 4) is 17.2 Å². The number of hydrogen-bond acceptors (Lipinski definition) is 7. The van der Waals surface area contributed by atoms with Crippen LogP contribution in [0.2, 0.25) is 0 Å². The van der Waals surface area contributed by atoms with Crippen molar-refractivity contribution >= 4 is 49.5 Å². The molecule has 9 nitrogen and oxygen atoms in total. The maximum Gasteiger partial charge on any atom is 0.412 e. The zero-order chi connectivity index (χ0) is 24.0. The van der Waals surface area contributed by atoms with Gasteiger partial charge in [-0.1, -0.05) is 28.9 Å². The Morgan fingerprint density at radius 1 is 1.21 bits per heavy atom. The van der Waals surface area contributed by atoms with Crippen LogP contribution in [-0.4, -0.2) is 29.1 Å². The highest BCUT2D eigenvalue weighted by Crippen LogP contribution is 2.41. The predicted octanol–water partition coefficient (Wildman–Crippen LogP) is 5.41. The minimum atomic E-state index is -0.798. The van der Waals surface area contributed by atoms with Crippen molar-refractivity contribution in [2.75, 3.05) is 12.1 Å². The second kappa shape index (κ2) is 11.4. The van der Waals surface area contributed by atoms with E-state index in [9.17, 15) is 14.7 Å². The molecule has 2 atom stereocenters. The molecule has 0 unspecified atom stereocenters. The maximum absolute atomic E-state index is 12.7. The van der Waals surface area contributed by atoms with Gasteiger partial charge in [-0.05, 0) is 59.0 Å². The SMILES string of the molecule is C[C@H](CC/C=C/C(=O)NO)[C@H](OC(=O)Nc1ccc2c(c1)OCO2)c1cc(Br)cc(Br)c1O. The lowest BCUT2D eigenvalue weighted by atomic mass is 9.92. The highest BCUT2D eigenvalue weighted by Gasteiger charge is 2.28. The van der Waals surface area contributed by atoms with Gasteiger partial charge in [-0.25, -0.2) is 10.3 Å². The fraction of sp³-hybridized carbons (Fsp3) is 0.273. The van der Waals surface area contributed by atoms with Gasteiger partial charge in [0.1, 0.15) is 11.9 Å². The van der Waals surface area contributed by atoms with Gasteiger partial charge in [0.2, 0.25) is 6.79 Å². The monoisotopic (exact) mass is 584 g/mol. The van der Waals surface area contributed by atoms with Gasteiger partial charge in [0.25, 0.3) is 5.91 Å². The molecule has 4 N–H and O–H groups in total. The molecule has 2 aromatic carbocycles. The van der Waals surface area contributed by atoms with Crippen LogP contribution < -0.4 is 20.3 Å². The number of phenols is 1. The average Bonchev–Trinajstić information content (AvgIpc) is 3.25. The number of carbonyl (C=O) groups is 2. The first-order valence-corrected chi connectivity index (χ1v) is 11.5. The Kier molecular flexibility index (Phi) is 8.59. The van der Waals surface area contributed by atoms with Crippen molar-refractivity contribution in [2.24, 2.45) is 5.92 Å². The van der Waals surface area contributed by atoms with Crippen LogP contribution in [0.25, 0.3) is 0 Å². The molecule has 0 bridgehead atoms. The number of phenolic OH excluding ortho intramolecular Hbond substituents is 1. The van der Waals surface area contributed by atoms with E-state index in [1.165, 1.54) is 11.6 Å². The molecule has 0 radical (unpaired) electrons. The van der Waals surface area contributed by atoms with Crippen LogP contribution in [0.5, 0.6) is 17.2 Å². The van der Waals surface area contributed by atoms with Gasteiger partial charge >= 0.3 is 6.09 Å². The minimum Gasteiger partial charge on any atom is -0.506 e. The molecule has 176 valence electrons. The Morgan fingerprint density at radius 2 is 1.97 bits per heavy atom. The molecule has 33 heavy (non-hydrogen) atoms. The lowest BCUT2D eigenvalue weighted by Gasteiger charge is -2.26. The van der Waals surface area contributed by atoms with Gasteiger partial charge in [-0.2, -0.15) is 0 Å². The molecule has 0 saturated carbocycles. The summed E-state index contributed by atoms with van der Waals surface area (Å²) in [5, 5.41) is 21.9. The number of rotatable bonds is 8. The molecule has 0 saturated heterocycles. The second-order valence-electron chi connectivity index (χ2n) is 7.28. The highest BCUT2D eigenvalue weighted by atomic mass is 79.9. The number of aromatic hydroxyl groups is 1. The fourth-order valence-electron chi connectivity index (χ4n) is 3.26. The number of halogens is 2. The Hall–Kier alpha value is -2.76. The number of hydroxylamine groups is 1. The zero-order valence-corrected chi connectivity index (χ0v) is 20.7. The standard InChI is InChI=1S/C22H22Br2N2O7/c1-12(4-2-3-5-19(27)26-30)21(15-8-13(23)9-16(24)20(15)28)33-22(29)25-14-6-7-17-18(10-14)32-11-31-17/h3,5-10,12,21,28,30H,2,4,11H2,1H3,(H,25,29)(H,26,27)/b5-3+/t12-,21+/m1/s1. The van der Waals surface area contributed by atoms with Crippen molar-refractivity contribution in [1.82, 2.24) is 5.48 Å². The first kappa shape index (κ1) is 24.9. The van der Waals surface area contributed by atoms with E-state index in [0.29, 0.717) is 44.5 Å². The van der Waals surface area contributed by atoms with Gasteiger partial charge < -0.3 is 19.3 Å². The van der Waals surface area contributed by atoms with E-state index in [0.717, 1.165) is 0 Å². The molecule has 1 aliphatic rings. The van der Waals surface area contributed by atoms with Gasteiger partial charge in [-0.15, -0.1) is 0 Å². The maximum atomic E-state index is 12.7. The van der Waals surface area contributed by atoms with Crippen LogP contribution in [0.1, 0.15) is 31.4 Å². The van der Waals surface area contributed by atoms with Crippen LogP contribution in [0, 0.1) is 5.92 Å². The number of nitrogens with one attached hydrogen (secondary N) is 2. The lowest BCUT2D eigenvalue weighted by molar-refractivity contribution is -0.124. The van der Waals surface area contributed by atoms with Crippen LogP contribution in [0.3, 0.4) is 0 Å². The van der Waals surface area contributed by atoms with E-state index >= 15 is 0 Å². The third kappa shape index (κ3) is 6.62. The topological polar surface area (TPSA) is 126 Å². The summed E-state index contributed by atoms with van der Waals surface area (Å²) in [6.45, 7) is 1.99. The molecule has 11 heteroatoms. The summed E-state index contributed by atoms with van der Waals surface area (Å²) in [7, 11) is 0. The third-order valence-corrected chi connectivity index (χ3v) is 5.96. The van der Waals surface area contributed by atoms with Crippen LogP contribution in [0.15, 0.2) is 51.4 Å². The Bertz CT molecular complexity index is 1060. The first-order chi connectivity index (χ1) is 15.8. The Morgan fingerprint density at radius 3 is 2.73 bits per heavy atom. The molecule has 1 heterocycles. The van der Waals surface area contributed by atoms with Gasteiger partial charge in [-0.3, -0.25) is 15.3 Å². The summed E-state index contributed by atoms with van der Waals surface area (Å²) in [5.41, 5.74) is 2.41. The molecule has 0 aliphatic carbocycles. The smallest absolute Gasteiger partial charge is 0.412 e. The lowest BCUT2D eigenvalue weighted by Crippen LogP contribution is -2.22. The summed E-state index contributed by atoms with van der Waals surface area (Å²) in [5.74, 6) is 0.201. The normalized spacial score (nSPS) is 14.1. The molecule has 0 fully saturated rings. The van der Waals surface area contributed by atoms with Crippen molar-refractivity contribution in [2.45, 2.75) is 25.9 Å². The third-order valence-electron chi connectivity index (χ3n) is 4.90. The van der Waals surface area contributed by atoms with Crippen molar-refractivity contribution in [3.05, 3.63) is 57.0 Å². The van der Waals surface area contributed by atoms with Gasteiger partial charge in [0, 0.05) is 27.9 Å². The van der Waals surface area contributed by atoms with E-state index < -0.39 is 18.1 Å².